The van der Waals surface area contributed by atoms with Crippen LogP contribution in [0.3, 0.4) is 0 Å². The van der Waals surface area contributed by atoms with Crippen molar-refractivity contribution < 1.29 is 9.59 Å². The van der Waals surface area contributed by atoms with Gasteiger partial charge in [-0.25, -0.2) is 4.98 Å². The van der Waals surface area contributed by atoms with Crippen molar-refractivity contribution in [3.8, 4) is 21.8 Å². The maximum absolute atomic E-state index is 12.1. The molecule has 1 heterocycles. The van der Waals surface area contributed by atoms with Gasteiger partial charge in [0, 0.05) is 28.6 Å². The molecule has 0 fully saturated rings. The SMILES string of the molecule is Cc1ccc(-c2csc(-c3ccc(CNC(=O)CNC(=O)c4ccccc4)cc3)n2)cc1. The first-order valence-corrected chi connectivity index (χ1v) is 11.2. The molecule has 1 aromatic heterocycles. The summed E-state index contributed by atoms with van der Waals surface area (Å²) in [5, 5.41) is 8.48. The van der Waals surface area contributed by atoms with Gasteiger partial charge in [0.1, 0.15) is 5.01 Å². The second-order valence-corrected chi connectivity index (χ2v) is 8.28. The maximum atomic E-state index is 12.1. The van der Waals surface area contributed by atoms with Gasteiger partial charge < -0.3 is 10.6 Å². The van der Waals surface area contributed by atoms with Crippen molar-refractivity contribution in [2.24, 2.45) is 0 Å². The molecule has 5 nitrogen and oxygen atoms in total. The molecule has 2 N–H and O–H groups in total. The van der Waals surface area contributed by atoms with Crippen molar-refractivity contribution in [3.63, 3.8) is 0 Å². The second kappa shape index (κ2) is 10.0. The minimum absolute atomic E-state index is 0.0628. The highest BCUT2D eigenvalue weighted by Gasteiger charge is 2.09. The molecule has 0 saturated heterocycles. The van der Waals surface area contributed by atoms with Crippen LogP contribution in [0.4, 0.5) is 0 Å². The number of aryl methyl sites for hydroxylation is 1. The van der Waals surface area contributed by atoms with Crippen molar-refractivity contribution in [1.82, 2.24) is 15.6 Å². The fraction of sp³-hybridized carbons (Fsp3) is 0.115. The molecular weight excluding hydrogens is 418 g/mol. The highest BCUT2D eigenvalue weighted by Crippen LogP contribution is 2.29. The third kappa shape index (κ3) is 5.47. The van der Waals surface area contributed by atoms with Gasteiger partial charge in [-0.15, -0.1) is 11.3 Å². The number of benzene rings is 3. The number of rotatable bonds is 7. The second-order valence-electron chi connectivity index (χ2n) is 7.43. The van der Waals surface area contributed by atoms with Crippen LogP contribution in [0.1, 0.15) is 21.5 Å². The first-order valence-electron chi connectivity index (χ1n) is 10.3. The van der Waals surface area contributed by atoms with Crippen LogP contribution in [-0.4, -0.2) is 23.3 Å². The molecule has 4 rings (SSSR count). The number of carbonyl (C=O) groups excluding carboxylic acids is 2. The summed E-state index contributed by atoms with van der Waals surface area (Å²) in [6.45, 7) is 2.40. The van der Waals surface area contributed by atoms with Gasteiger partial charge in [0.05, 0.1) is 12.2 Å². The van der Waals surface area contributed by atoms with E-state index in [-0.39, 0.29) is 18.4 Å². The van der Waals surface area contributed by atoms with Crippen molar-refractivity contribution in [2.75, 3.05) is 6.54 Å². The monoisotopic (exact) mass is 441 g/mol. The molecule has 3 aromatic carbocycles. The molecule has 6 heteroatoms. The molecule has 32 heavy (non-hydrogen) atoms. The van der Waals surface area contributed by atoms with Crippen LogP contribution in [0.15, 0.2) is 84.2 Å². The number of aromatic nitrogens is 1. The predicted octanol–water partition coefficient (Wildman–Crippen LogP) is 4.83. The van der Waals surface area contributed by atoms with Crippen LogP contribution in [0.5, 0.6) is 0 Å². The third-order valence-corrected chi connectivity index (χ3v) is 5.88. The molecule has 0 aliphatic rings. The molecule has 0 spiro atoms. The summed E-state index contributed by atoms with van der Waals surface area (Å²) < 4.78 is 0. The molecular formula is C26H23N3O2S. The largest absolute Gasteiger partial charge is 0.350 e. The lowest BCUT2D eigenvalue weighted by Gasteiger charge is -2.07. The quantitative estimate of drug-likeness (QED) is 0.431. The van der Waals surface area contributed by atoms with E-state index in [9.17, 15) is 9.59 Å². The van der Waals surface area contributed by atoms with Crippen molar-refractivity contribution in [3.05, 3.63) is 101 Å². The lowest BCUT2D eigenvalue weighted by molar-refractivity contribution is -0.120. The Morgan fingerprint density at radius 3 is 2.25 bits per heavy atom. The van der Waals surface area contributed by atoms with Gasteiger partial charge in [0.2, 0.25) is 5.91 Å². The summed E-state index contributed by atoms with van der Waals surface area (Å²) >= 11 is 1.61. The number of nitrogens with one attached hydrogen (secondary N) is 2. The maximum Gasteiger partial charge on any atom is 0.251 e. The molecule has 160 valence electrons. The van der Waals surface area contributed by atoms with Gasteiger partial charge in [0.25, 0.3) is 5.91 Å². The molecule has 0 aliphatic carbocycles. The van der Waals surface area contributed by atoms with Crippen LogP contribution < -0.4 is 10.6 Å². The molecule has 4 aromatic rings. The van der Waals surface area contributed by atoms with E-state index in [1.54, 1.807) is 35.6 Å². The summed E-state index contributed by atoms with van der Waals surface area (Å²) in [5.74, 6) is -0.500. The van der Waals surface area contributed by atoms with Crippen molar-refractivity contribution in [2.45, 2.75) is 13.5 Å². The first-order chi connectivity index (χ1) is 15.6. The van der Waals surface area contributed by atoms with Gasteiger partial charge in [-0.05, 0) is 24.6 Å². The van der Waals surface area contributed by atoms with Gasteiger partial charge in [-0.2, -0.15) is 0 Å². The molecule has 0 saturated carbocycles. The summed E-state index contributed by atoms with van der Waals surface area (Å²) in [7, 11) is 0. The van der Waals surface area contributed by atoms with E-state index in [0.717, 1.165) is 27.4 Å². The minimum Gasteiger partial charge on any atom is -0.350 e. The summed E-state index contributed by atoms with van der Waals surface area (Å²) in [5.41, 5.74) is 5.86. The number of hydrogen-bond donors (Lipinski definition) is 2. The van der Waals surface area contributed by atoms with E-state index < -0.39 is 0 Å². The molecule has 0 radical (unpaired) electrons. The fourth-order valence-electron chi connectivity index (χ4n) is 3.14. The van der Waals surface area contributed by atoms with Gasteiger partial charge >= 0.3 is 0 Å². The topological polar surface area (TPSA) is 71.1 Å². The Morgan fingerprint density at radius 1 is 0.844 bits per heavy atom. The van der Waals surface area contributed by atoms with Crippen LogP contribution in [0, 0.1) is 6.92 Å². The Morgan fingerprint density at radius 2 is 1.53 bits per heavy atom. The van der Waals surface area contributed by atoms with Crippen molar-refractivity contribution >= 4 is 23.2 Å². The number of hydrogen-bond acceptors (Lipinski definition) is 4. The molecule has 0 aliphatic heterocycles. The van der Waals surface area contributed by atoms with Crippen molar-refractivity contribution in [1.29, 1.82) is 0 Å². The van der Waals surface area contributed by atoms with Crippen LogP contribution in [0.25, 0.3) is 21.8 Å². The molecule has 0 bridgehead atoms. The average Bonchev–Trinajstić information content (AvgIpc) is 3.33. The van der Waals surface area contributed by atoms with E-state index >= 15 is 0 Å². The van der Waals surface area contributed by atoms with E-state index in [0.29, 0.717) is 12.1 Å². The normalized spacial score (nSPS) is 10.5. The smallest absolute Gasteiger partial charge is 0.251 e. The average molecular weight is 442 g/mol. The Kier molecular flexibility index (Phi) is 6.72. The lowest BCUT2D eigenvalue weighted by atomic mass is 10.1. The fourth-order valence-corrected chi connectivity index (χ4v) is 3.98. The van der Waals surface area contributed by atoms with E-state index in [1.807, 2.05) is 30.3 Å². The van der Waals surface area contributed by atoms with Gasteiger partial charge in [0.15, 0.2) is 0 Å². The third-order valence-electron chi connectivity index (χ3n) is 4.99. The number of carbonyl (C=O) groups is 2. The van der Waals surface area contributed by atoms with E-state index in [1.165, 1.54) is 5.56 Å². The highest BCUT2D eigenvalue weighted by atomic mass is 32.1. The molecule has 0 atom stereocenters. The number of nitrogens with zero attached hydrogens (tertiary/aromatic N) is 1. The standard InChI is InChI=1S/C26H23N3O2S/c1-18-7-11-20(12-8-18)23-17-32-26(29-23)22-13-9-19(10-14-22)15-27-24(30)16-28-25(31)21-5-3-2-4-6-21/h2-14,17H,15-16H2,1H3,(H,27,30)(H,28,31). The highest BCUT2D eigenvalue weighted by molar-refractivity contribution is 7.13. The Hall–Kier alpha value is -3.77. The van der Waals surface area contributed by atoms with Gasteiger partial charge in [-0.1, -0.05) is 72.3 Å². The van der Waals surface area contributed by atoms with E-state index in [4.69, 9.17) is 4.98 Å². The lowest BCUT2D eigenvalue weighted by Crippen LogP contribution is -2.36. The minimum atomic E-state index is -0.265. The summed E-state index contributed by atoms with van der Waals surface area (Å²) in [4.78, 5) is 28.8. The number of amides is 2. The zero-order chi connectivity index (χ0) is 22.3. The van der Waals surface area contributed by atoms with Crippen LogP contribution in [-0.2, 0) is 11.3 Å². The summed E-state index contributed by atoms with van der Waals surface area (Å²) in [6.07, 6.45) is 0. The predicted molar refractivity (Wildman–Crippen MR) is 128 cm³/mol. The molecule has 2 amide bonds. The first kappa shape index (κ1) is 21.5. The summed E-state index contributed by atoms with van der Waals surface area (Å²) in [6, 6.07) is 25.2. The zero-order valence-corrected chi connectivity index (χ0v) is 18.5. The van der Waals surface area contributed by atoms with Gasteiger partial charge in [-0.3, -0.25) is 9.59 Å². The van der Waals surface area contributed by atoms with Crippen LogP contribution >= 0.6 is 11.3 Å². The molecule has 0 unspecified atom stereocenters. The Labute approximate surface area is 191 Å². The number of thiazole rings is 1. The van der Waals surface area contributed by atoms with E-state index in [2.05, 4.69) is 47.2 Å². The Balaban J connectivity index is 1.29. The van der Waals surface area contributed by atoms with Crippen LogP contribution in [0.2, 0.25) is 0 Å². The zero-order valence-electron chi connectivity index (χ0n) is 17.7. The Bertz CT molecular complexity index is 1200.